The van der Waals surface area contributed by atoms with Gasteiger partial charge in [0.1, 0.15) is 5.56 Å². The van der Waals surface area contributed by atoms with Crippen LogP contribution in [-0.4, -0.2) is 40.0 Å². The summed E-state index contributed by atoms with van der Waals surface area (Å²) < 4.78 is 0. The minimum absolute atomic E-state index is 0.0207. The summed E-state index contributed by atoms with van der Waals surface area (Å²) in [7, 11) is 1.70. The van der Waals surface area contributed by atoms with Gasteiger partial charge >= 0.3 is 0 Å². The van der Waals surface area contributed by atoms with E-state index in [1.54, 1.807) is 24.1 Å². The van der Waals surface area contributed by atoms with E-state index in [4.69, 9.17) is 12.2 Å². The van der Waals surface area contributed by atoms with Crippen molar-refractivity contribution in [1.29, 1.82) is 0 Å². The smallest absolute Gasteiger partial charge is 0.282 e. The fourth-order valence-corrected chi connectivity index (χ4v) is 4.38. The van der Waals surface area contributed by atoms with Crippen LogP contribution in [-0.2, 0) is 0 Å². The molecule has 1 aliphatic carbocycles. The summed E-state index contributed by atoms with van der Waals surface area (Å²) in [6.45, 7) is 4.07. The average molecular weight is 427 g/mol. The Morgan fingerprint density at radius 2 is 1.83 bits per heavy atom. The van der Waals surface area contributed by atoms with Crippen molar-refractivity contribution < 1.29 is 9.72 Å². The van der Waals surface area contributed by atoms with Crippen LogP contribution >= 0.6 is 12.2 Å². The number of anilines is 1. The van der Waals surface area contributed by atoms with E-state index >= 15 is 0 Å². The number of aryl methyl sites for hydroxylation is 2. The minimum atomic E-state index is -0.520. The van der Waals surface area contributed by atoms with E-state index in [0.29, 0.717) is 5.11 Å². The van der Waals surface area contributed by atoms with Crippen molar-refractivity contribution in [3.63, 3.8) is 0 Å². The normalized spacial score (nSPS) is 18.0. The van der Waals surface area contributed by atoms with E-state index < -0.39 is 4.92 Å². The van der Waals surface area contributed by atoms with Gasteiger partial charge in [-0.2, -0.15) is 0 Å². The van der Waals surface area contributed by atoms with Crippen LogP contribution in [0.2, 0.25) is 0 Å². The van der Waals surface area contributed by atoms with Crippen molar-refractivity contribution in [1.82, 2.24) is 10.2 Å². The van der Waals surface area contributed by atoms with Crippen molar-refractivity contribution in [3.05, 3.63) is 69.3 Å². The first kappa shape index (κ1) is 21.7. The summed E-state index contributed by atoms with van der Waals surface area (Å²) >= 11 is 5.50. The SMILES string of the molecule is Cc1cc(C)cc(NC(=S)NC2CCCC2N(C)C(=O)c2ccccc2[N+](=O)[O-])c1. The van der Waals surface area contributed by atoms with E-state index in [9.17, 15) is 14.9 Å². The highest BCUT2D eigenvalue weighted by atomic mass is 32.1. The Bertz CT molecular complexity index is 958. The number of nitrogens with one attached hydrogen (secondary N) is 2. The molecule has 3 rings (SSSR count). The monoisotopic (exact) mass is 426 g/mol. The lowest BCUT2D eigenvalue weighted by atomic mass is 10.1. The first-order valence-electron chi connectivity index (χ1n) is 9.92. The van der Waals surface area contributed by atoms with Crippen LogP contribution in [0, 0.1) is 24.0 Å². The maximum atomic E-state index is 13.0. The van der Waals surface area contributed by atoms with Gasteiger partial charge in [0.05, 0.1) is 11.0 Å². The molecule has 8 heteroatoms. The van der Waals surface area contributed by atoms with Crippen LogP contribution in [0.5, 0.6) is 0 Å². The van der Waals surface area contributed by atoms with Crippen molar-refractivity contribution in [2.24, 2.45) is 0 Å². The van der Waals surface area contributed by atoms with Gasteiger partial charge in [0.25, 0.3) is 11.6 Å². The second-order valence-corrected chi connectivity index (χ2v) is 8.18. The molecule has 1 amide bonds. The third-order valence-corrected chi connectivity index (χ3v) is 5.64. The highest BCUT2D eigenvalue weighted by Crippen LogP contribution is 2.27. The maximum Gasteiger partial charge on any atom is 0.282 e. The highest BCUT2D eigenvalue weighted by molar-refractivity contribution is 7.80. The molecule has 2 unspecified atom stereocenters. The predicted molar refractivity (Wildman–Crippen MR) is 122 cm³/mol. The highest BCUT2D eigenvalue weighted by Gasteiger charge is 2.35. The van der Waals surface area contributed by atoms with Crippen molar-refractivity contribution in [3.8, 4) is 0 Å². The number of carbonyl (C=O) groups excluding carboxylic acids is 1. The molecule has 2 N–H and O–H groups in total. The number of nitro groups is 1. The lowest BCUT2D eigenvalue weighted by molar-refractivity contribution is -0.385. The van der Waals surface area contributed by atoms with Gasteiger partial charge in [-0.1, -0.05) is 18.2 Å². The number of amides is 1. The van der Waals surface area contributed by atoms with E-state index in [1.807, 2.05) is 26.0 Å². The molecule has 0 aliphatic heterocycles. The van der Waals surface area contributed by atoms with Crippen molar-refractivity contribution in [2.45, 2.75) is 45.2 Å². The number of nitrogens with zero attached hydrogens (tertiary/aromatic N) is 2. The number of hydrogen-bond acceptors (Lipinski definition) is 4. The van der Waals surface area contributed by atoms with Crippen molar-refractivity contribution >= 4 is 34.6 Å². The number of benzene rings is 2. The van der Waals surface area contributed by atoms with Gasteiger partial charge in [-0.25, -0.2) is 0 Å². The van der Waals surface area contributed by atoms with Crippen LogP contribution < -0.4 is 10.6 Å². The molecule has 1 fully saturated rings. The standard InChI is InChI=1S/C22H26N4O3S/c1-14-11-15(2)13-16(12-14)23-22(30)24-18-8-6-10-20(18)25(3)21(27)17-7-4-5-9-19(17)26(28)29/h4-5,7,9,11-13,18,20H,6,8,10H2,1-3H3,(H2,23,24,30). The molecule has 0 bridgehead atoms. The molecule has 30 heavy (non-hydrogen) atoms. The Hall–Kier alpha value is -3.00. The molecule has 1 aliphatic rings. The second kappa shape index (κ2) is 9.21. The van der Waals surface area contributed by atoms with E-state index in [0.717, 1.165) is 36.1 Å². The molecule has 2 aromatic rings. The van der Waals surface area contributed by atoms with Crippen LogP contribution in [0.25, 0.3) is 0 Å². The second-order valence-electron chi connectivity index (χ2n) is 7.77. The molecule has 0 spiro atoms. The topological polar surface area (TPSA) is 87.5 Å². The molecule has 1 saturated carbocycles. The molecule has 7 nitrogen and oxygen atoms in total. The zero-order chi connectivity index (χ0) is 21.8. The lowest BCUT2D eigenvalue weighted by Gasteiger charge is -2.31. The summed E-state index contributed by atoms with van der Waals surface area (Å²) in [5.74, 6) is -0.353. The molecule has 2 atom stereocenters. The molecule has 2 aromatic carbocycles. The molecule has 0 radical (unpaired) electrons. The number of likely N-dealkylation sites (N-methyl/N-ethyl adjacent to an activating group) is 1. The number of thiocarbonyl (C=S) groups is 1. The van der Waals surface area contributed by atoms with Gasteiger partial charge < -0.3 is 15.5 Å². The van der Waals surface area contributed by atoms with Gasteiger partial charge in [-0.3, -0.25) is 14.9 Å². The van der Waals surface area contributed by atoms with Gasteiger partial charge in [-0.15, -0.1) is 0 Å². The fourth-order valence-electron chi connectivity index (χ4n) is 4.11. The third kappa shape index (κ3) is 4.94. The predicted octanol–water partition coefficient (Wildman–Crippen LogP) is 4.19. The molecule has 158 valence electrons. The Morgan fingerprint density at radius 1 is 1.17 bits per heavy atom. The van der Waals surface area contributed by atoms with Crippen LogP contribution in [0.3, 0.4) is 0 Å². The summed E-state index contributed by atoms with van der Waals surface area (Å²) in [6, 6.07) is 12.1. The Morgan fingerprint density at radius 3 is 2.50 bits per heavy atom. The zero-order valence-electron chi connectivity index (χ0n) is 17.3. The van der Waals surface area contributed by atoms with Gasteiger partial charge in [-0.05, 0) is 74.7 Å². The number of rotatable bonds is 5. The fraction of sp³-hybridized carbons (Fsp3) is 0.364. The number of para-hydroxylation sites is 1. The largest absolute Gasteiger partial charge is 0.358 e. The average Bonchev–Trinajstić information content (AvgIpc) is 3.13. The van der Waals surface area contributed by atoms with Gasteiger partial charge in [0.2, 0.25) is 0 Å². The number of hydrogen-bond donors (Lipinski definition) is 2. The van der Waals surface area contributed by atoms with E-state index in [2.05, 4.69) is 16.7 Å². The molecule has 0 aromatic heterocycles. The van der Waals surface area contributed by atoms with Crippen LogP contribution in [0.1, 0.15) is 40.7 Å². The summed E-state index contributed by atoms with van der Waals surface area (Å²) in [5.41, 5.74) is 3.14. The summed E-state index contributed by atoms with van der Waals surface area (Å²) in [4.78, 5) is 25.4. The van der Waals surface area contributed by atoms with Crippen LogP contribution in [0.4, 0.5) is 11.4 Å². The van der Waals surface area contributed by atoms with Crippen molar-refractivity contribution in [2.75, 3.05) is 12.4 Å². The quantitative estimate of drug-likeness (QED) is 0.423. The van der Waals surface area contributed by atoms with E-state index in [-0.39, 0.29) is 29.2 Å². The Balaban J connectivity index is 1.70. The zero-order valence-corrected chi connectivity index (χ0v) is 18.2. The van der Waals surface area contributed by atoms with Crippen LogP contribution in [0.15, 0.2) is 42.5 Å². The Labute approximate surface area is 181 Å². The first-order chi connectivity index (χ1) is 14.3. The van der Waals surface area contributed by atoms with Gasteiger partial charge in [0.15, 0.2) is 5.11 Å². The molecular weight excluding hydrogens is 400 g/mol. The third-order valence-electron chi connectivity index (χ3n) is 5.42. The summed E-state index contributed by atoms with van der Waals surface area (Å²) in [6.07, 6.45) is 2.63. The van der Waals surface area contributed by atoms with E-state index in [1.165, 1.54) is 12.1 Å². The Kier molecular flexibility index (Phi) is 6.66. The maximum absolute atomic E-state index is 13.0. The lowest BCUT2D eigenvalue weighted by Crippen LogP contribution is -2.50. The first-order valence-corrected chi connectivity index (χ1v) is 10.3. The summed E-state index contributed by atoms with van der Waals surface area (Å²) in [5, 5.41) is 18.4. The molecule has 0 saturated heterocycles. The minimum Gasteiger partial charge on any atom is -0.358 e. The van der Waals surface area contributed by atoms with Gasteiger partial charge in [0, 0.05) is 24.8 Å². The number of nitro benzene ring substituents is 1. The number of carbonyl (C=O) groups is 1. The molecule has 0 heterocycles. The molecular formula is C22H26N4O3S.